The molecule has 1 aliphatic carbocycles. The highest BCUT2D eigenvalue weighted by molar-refractivity contribution is 7.99. The van der Waals surface area contributed by atoms with Gasteiger partial charge in [0, 0.05) is 17.8 Å². The molecule has 0 bridgehead atoms. The van der Waals surface area contributed by atoms with Gasteiger partial charge in [-0.3, -0.25) is 4.79 Å². The Morgan fingerprint density at radius 1 is 1.29 bits per heavy atom. The zero-order chi connectivity index (χ0) is 19.9. The van der Waals surface area contributed by atoms with Gasteiger partial charge >= 0.3 is 6.61 Å². The molecule has 28 heavy (non-hydrogen) atoms. The fourth-order valence-electron chi connectivity index (χ4n) is 2.97. The number of nitrogens with zero attached hydrogens (tertiary/aromatic N) is 3. The van der Waals surface area contributed by atoms with Crippen LogP contribution in [0.2, 0.25) is 0 Å². The summed E-state index contributed by atoms with van der Waals surface area (Å²) < 4.78 is 34.3. The summed E-state index contributed by atoms with van der Waals surface area (Å²) in [5, 5.41) is 8.17. The predicted octanol–water partition coefficient (Wildman–Crippen LogP) is 4.74. The molecule has 6 nitrogen and oxygen atoms in total. The van der Waals surface area contributed by atoms with E-state index < -0.39 is 6.61 Å². The van der Waals surface area contributed by atoms with E-state index in [9.17, 15) is 13.6 Å². The molecule has 0 N–H and O–H groups in total. The Labute approximate surface area is 165 Å². The smallest absolute Gasteiger partial charge is 0.387 e. The van der Waals surface area contributed by atoms with Gasteiger partial charge < -0.3 is 14.1 Å². The van der Waals surface area contributed by atoms with Gasteiger partial charge in [0.25, 0.3) is 5.22 Å². The van der Waals surface area contributed by atoms with Crippen molar-refractivity contribution >= 4 is 17.7 Å². The first-order chi connectivity index (χ1) is 13.6. The molecular weight excluding hydrogens is 388 g/mol. The Balaban J connectivity index is 1.58. The normalized spacial score (nSPS) is 14.1. The number of alkyl halides is 2. The second-order valence-corrected chi connectivity index (χ2v) is 7.07. The summed E-state index contributed by atoms with van der Waals surface area (Å²) in [7, 11) is 0. The van der Waals surface area contributed by atoms with Gasteiger partial charge in [-0.2, -0.15) is 8.78 Å². The van der Waals surface area contributed by atoms with Gasteiger partial charge in [0.05, 0.1) is 5.75 Å². The van der Waals surface area contributed by atoms with Gasteiger partial charge in [0.15, 0.2) is 0 Å². The lowest BCUT2D eigenvalue weighted by atomic mass is 10.0. The SMILES string of the molecule is CCN(C(=O)CSc1nnc(-c2ccc(OC(F)F)cc2)o1)C1=CCCCC1. The van der Waals surface area contributed by atoms with E-state index in [1.165, 1.54) is 30.3 Å². The average Bonchev–Trinajstić information content (AvgIpc) is 3.17. The molecule has 2 aromatic rings. The fourth-order valence-corrected chi connectivity index (χ4v) is 3.61. The van der Waals surface area contributed by atoms with Gasteiger partial charge in [-0.25, -0.2) is 0 Å². The summed E-state index contributed by atoms with van der Waals surface area (Å²) in [6, 6.07) is 5.91. The van der Waals surface area contributed by atoms with E-state index in [2.05, 4.69) is 21.0 Å². The first kappa shape index (κ1) is 20.3. The summed E-state index contributed by atoms with van der Waals surface area (Å²) in [6.45, 7) is -0.278. The summed E-state index contributed by atoms with van der Waals surface area (Å²) in [6.07, 6.45) is 6.36. The number of carbonyl (C=O) groups is 1. The Morgan fingerprint density at radius 2 is 2.07 bits per heavy atom. The van der Waals surface area contributed by atoms with Crippen molar-refractivity contribution in [3.8, 4) is 17.2 Å². The molecule has 0 aliphatic heterocycles. The Bertz CT molecular complexity index is 824. The standard InChI is InChI=1S/C19H21F2N3O3S/c1-2-24(14-6-4-3-5-7-14)16(25)12-28-19-23-22-17(27-19)13-8-10-15(11-9-13)26-18(20)21/h6,8-11,18H,2-5,7,12H2,1H3. The lowest BCUT2D eigenvalue weighted by Crippen LogP contribution is -2.32. The van der Waals surface area contributed by atoms with Crippen LogP contribution < -0.4 is 4.74 Å². The lowest BCUT2D eigenvalue weighted by Gasteiger charge is -2.26. The highest BCUT2D eigenvalue weighted by Crippen LogP contribution is 2.27. The Hall–Kier alpha value is -2.42. The van der Waals surface area contributed by atoms with Crippen molar-refractivity contribution in [2.45, 2.75) is 44.4 Å². The van der Waals surface area contributed by atoms with E-state index in [4.69, 9.17) is 4.42 Å². The van der Waals surface area contributed by atoms with Gasteiger partial charge in [-0.05, 0) is 56.9 Å². The number of benzene rings is 1. The number of aromatic nitrogens is 2. The minimum atomic E-state index is -2.87. The van der Waals surface area contributed by atoms with Crippen LogP contribution in [0.1, 0.15) is 32.6 Å². The Morgan fingerprint density at radius 3 is 2.71 bits per heavy atom. The molecule has 0 fully saturated rings. The van der Waals surface area contributed by atoms with Crippen molar-refractivity contribution in [3.05, 3.63) is 36.0 Å². The summed E-state index contributed by atoms with van der Waals surface area (Å²) >= 11 is 1.18. The van der Waals surface area contributed by atoms with Crippen LogP contribution in [0.5, 0.6) is 5.75 Å². The molecule has 0 spiro atoms. The zero-order valence-electron chi connectivity index (χ0n) is 15.4. The average molecular weight is 409 g/mol. The topological polar surface area (TPSA) is 68.5 Å². The molecular formula is C19H21F2N3O3S. The number of halogens is 2. The summed E-state index contributed by atoms with van der Waals surface area (Å²) in [4.78, 5) is 14.4. The first-order valence-electron chi connectivity index (χ1n) is 9.07. The van der Waals surface area contributed by atoms with Crippen LogP contribution in [0.4, 0.5) is 8.78 Å². The molecule has 1 amide bonds. The van der Waals surface area contributed by atoms with E-state index in [1.54, 1.807) is 12.1 Å². The van der Waals surface area contributed by atoms with Crippen LogP contribution >= 0.6 is 11.8 Å². The molecule has 9 heteroatoms. The molecule has 0 atom stereocenters. The van der Waals surface area contributed by atoms with E-state index in [0.717, 1.165) is 25.0 Å². The maximum atomic E-state index is 12.5. The number of ether oxygens (including phenoxy) is 1. The maximum absolute atomic E-state index is 12.5. The minimum absolute atomic E-state index is 0.00824. The van der Waals surface area contributed by atoms with Crippen molar-refractivity contribution in [2.75, 3.05) is 12.3 Å². The van der Waals surface area contributed by atoms with E-state index in [0.29, 0.717) is 12.1 Å². The van der Waals surface area contributed by atoms with Crippen LogP contribution in [0.3, 0.4) is 0 Å². The molecule has 1 heterocycles. The van der Waals surface area contributed by atoms with Crippen LogP contribution in [-0.4, -0.2) is 39.9 Å². The van der Waals surface area contributed by atoms with Crippen molar-refractivity contribution in [3.63, 3.8) is 0 Å². The monoisotopic (exact) mass is 409 g/mol. The minimum Gasteiger partial charge on any atom is -0.435 e. The van der Waals surface area contributed by atoms with E-state index in [1.807, 2.05) is 11.8 Å². The summed E-state index contributed by atoms with van der Waals surface area (Å²) in [5.41, 5.74) is 1.67. The van der Waals surface area contributed by atoms with Crippen molar-refractivity contribution < 1.29 is 22.7 Å². The number of thioether (sulfide) groups is 1. The molecule has 0 radical (unpaired) electrons. The van der Waals surface area contributed by atoms with Crippen LogP contribution in [-0.2, 0) is 4.79 Å². The summed E-state index contributed by atoms with van der Waals surface area (Å²) in [5.74, 6) is 0.512. The number of allylic oxidation sites excluding steroid dienone is 2. The molecule has 0 saturated heterocycles. The molecule has 0 saturated carbocycles. The maximum Gasteiger partial charge on any atom is 0.387 e. The molecule has 3 rings (SSSR count). The van der Waals surface area contributed by atoms with Crippen LogP contribution in [0, 0.1) is 0 Å². The van der Waals surface area contributed by atoms with E-state index >= 15 is 0 Å². The van der Waals surface area contributed by atoms with Crippen LogP contribution in [0.25, 0.3) is 11.5 Å². The van der Waals surface area contributed by atoms with Crippen molar-refractivity contribution in [1.29, 1.82) is 0 Å². The quantitative estimate of drug-likeness (QED) is 0.587. The lowest BCUT2D eigenvalue weighted by molar-refractivity contribution is -0.126. The Kier molecular flexibility index (Phi) is 7.02. The highest BCUT2D eigenvalue weighted by Gasteiger charge is 2.19. The molecule has 1 aliphatic rings. The van der Waals surface area contributed by atoms with Crippen molar-refractivity contribution in [2.24, 2.45) is 0 Å². The largest absolute Gasteiger partial charge is 0.435 e. The number of hydrogen-bond acceptors (Lipinski definition) is 6. The second-order valence-electron chi connectivity index (χ2n) is 6.14. The third-order valence-corrected chi connectivity index (χ3v) is 5.09. The second kappa shape index (κ2) is 9.68. The zero-order valence-corrected chi connectivity index (χ0v) is 16.3. The van der Waals surface area contributed by atoms with Crippen molar-refractivity contribution in [1.82, 2.24) is 15.1 Å². The van der Waals surface area contributed by atoms with Gasteiger partial charge in [0.2, 0.25) is 11.8 Å². The van der Waals surface area contributed by atoms with Gasteiger partial charge in [0.1, 0.15) is 5.75 Å². The highest BCUT2D eigenvalue weighted by atomic mass is 32.2. The predicted molar refractivity (Wildman–Crippen MR) is 101 cm³/mol. The van der Waals surface area contributed by atoms with Gasteiger partial charge in [-0.15, -0.1) is 10.2 Å². The van der Waals surface area contributed by atoms with E-state index in [-0.39, 0.29) is 28.5 Å². The fraction of sp³-hybridized carbons (Fsp3) is 0.421. The third kappa shape index (κ3) is 5.31. The van der Waals surface area contributed by atoms with Crippen LogP contribution in [0.15, 0.2) is 45.7 Å². The number of rotatable bonds is 8. The molecule has 1 aromatic carbocycles. The third-order valence-electron chi connectivity index (χ3n) is 4.28. The number of amides is 1. The molecule has 0 unspecified atom stereocenters. The van der Waals surface area contributed by atoms with Gasteiger partial charge in [-0.1, -0.05) is 17.8 Å². The number of hydrogen-bond donors (Lipinski definition) is 0. The number of carbonyl (C=O) groups excluding carboxylic acids is 1. The first-order valence-corrected chi connectivity index (χ1v) is 10.1. The molecule has 150 valence electrons. The molecule has 1 aromatic heterocycles.